The molecular weight excluding hydrogens is 388 g/mol. The number of hydrogen-bond donors (Lipinski definition) is 1. The molecule has 1 aromatic heterocycles. The molecule has 1 aliphatic rings. The Labute approximate surface area is 173 Å². The number of amides is 2. The lowest BCUT2D eigenvalue weighted by molar-refractivity contribution is -0.123. The Hall–Kier alpha value is -3.12. The predicted molar refractivity (Wildman–Crippen MR) is 112 cm³/mol. The largest absolute Gasteiger partial charge is 0.369 e. The lowest BCUT2D eigenvalue weighted by Gasteiger charge is -2.30. The first-order valence-electron chi connectivity index (χ1n) is 9.53. The van der Waals surface area contributed by atoms with Crippen molar-refractivity contribution in [2.24, 2.45) is 11.7 Å². The maximum Gasteiger partial charge on any atom is 0.272 e. The second-order valence-corrected chi connectivity index (χ2v) is 7.57. The van der Waals surface area contributed by atoms with Crippen molar-refractivity contribution < 1.29 is 9.59 Å². The summed E-state index contributed by atoms with van der Waals surface area (Å²) in [5, 5.41) is 5.31. The second-order valence-electron chi connectivity index (χ2n) is 7.14. The van der Waals surface area contributed by atoms with E-state index in [0.717, 1.165) is 16.9 Å². The fourth-order valence-electron chi connectivity index (χ4n) is 3.59. The Morgan fingerprint density at radius 2 is 1.66 bits per heavy atom. The molecule has 0 unspecified atom stereocenters. The van der Waals surface area contributed by atoms with E-state index in [2.05, 4.69) is 0 Å². The molecule has 0 aliphatic carbocycles. The van der Waals surface area contributed by atoms with Gasteiger partial charge in [-0.1, -0.05) is 41.9 Å². The average molecular weight is 409 g/mol. The minimum absolute atomic E-state index is 0.113. The van der Waals surface area contributed by atoms with E-state index in [1.54, 1.807) is 21.7 Å². The quantitative estimate of drug-likeness (QED) is 0.717. The van der Waals surface area contributed by atoms with Crippen LogP contribution in [0.15, 0.2) is 60.7 Å². The van der Waals surface area contributed by atoms with E-state index >= 15 is 0 Å². The number of likely N-dealkylation sites (tertiary alicyclic amines) is 1. The predicted octanol–water partition coefficient (Wildman–Crippen LogP) is 3.53. The summed E-state index contributed by atoms with van der Waals surface area (Å²) in [6.45, 7) is 0.998. The Kier molecular flexibility index (Phi) is 5.36. The van der Waals surface area contributed by atoms with Crippen molar-refractivity contribution in [1.82, 2.24) is 14.7 Å². The van der Waals surface area contributed by atoms with Crippen LogP contribution in [-0.4, -0.2) is 39.6 Å². The van der Waals surface area contributed by atoms with Gasteiger partial charge in [0.1, 0.15) is 5.69 Å². The number of rotatable bonds is 4. The molecular formula is C22H21ClN4O2. The highest BCUT2D eigenvalue weighted by atomic mass is 35.5. The molecule has 0 spiro atoms. The molecule has 4 rings (SSSR count). The molecule has 1 aliphatic heterocycles. The van der Waals surface area contributed by atoms with Gasteiger partial charge < -0.3 is 10.6 Å². The summed E-state index contributed by atoms with van der Waals surface area (Å²) in [5.41, 5.74) is 8.30. The number of primary amides is 1. The summed E-state index contributed by atoms with van der Waals surface area (Å²) < 4.78 is 1.65. The van der Waals surface area contributed by atoms with Gasteiger partial charge in [-0.05, 0) is 43.2 Å². The molecule has 2 heterocycles. The average Bonchev–Trinajstić information content (AvgIpc) is 3.20. The van der Waals surface area contributed by atoms with E-state index in [9.17, 15) is 9.59 Å². The molecule has 3 aromatic rings. The molecule has 7 heteroatoms. The van der Waals surface area contributed by atoms with Crippen LogP contribution in [0.1, 0.15) is 23.3 Å². The number of carbonyl (C=O) groups excluding carboxylic acids is 2. The van der Waals surface area contributed by atoms with Crippen LogP contribution in [0.3, 0.4) is 0 Å². The minimum atomic E-state index is -0.297. The molecule has 148 valence electrons. The van der Waals surface area contributed by atoms with Crippen molar-refractivity contribution in [2.75, 3.05) is 13.1 Å². The fraction of sp³-hybridized carbons (Fsp3) is 0.227. The van der Waals surface area contributed by atoms with E-state index in [1.165, 1.54) is 0 Å². The number of aromatic nitrogens is 2. The highest BCUT2D eigenvalue weighted by molar-refractivity contribution is 6.30. The lowest BCUT2D eigenvalue weighted by atomic mass is 9.96. The summed E-state index contributed by atoms with van der Waals surface area (Å²) in [6.07, 6.45) is 1.17. The van der Waals surface area contributed by atoms with Gasteiger partial charge in [0.15, 0.2) is 0 Å². The van der Waals surface area contributed by atoms with Crippen LogP contribution in [0.25, 0.3) is 16.9 Å². The Bertz CT molecular complexity index is 1020. The molecule has 1 saturated heterocycles. The van der Waals surface area contributed by atoms with Crippen molar-refractivity contribution in [3.05, 3.63) is 71.4 Å². The van der Waals surface area contributed by atoms with Crippen LogP contribution in [0.5, 0.6) is 0 Å². The fourth-order valence-corrected chi connectivity index (χ4v) is 3.72. The van der Waals surface area contributed by atoms with Crippen molar-refractivity contribution in [2.45, 2.75) is 12.8 Å². The zero-order valence-corrected chi connectivity index (χ0v) is 16.5. The van der Waals surface area contributed by atoms with Crippen molar-refractivity contribution in [1.29, 1.82) is 0 Å². The maximum atomic E-state index is 13.3. The van der Waals surface area contributed by atoms with Crippen molar-refractivity contribution in [3.8, 4) is 16.9 Å². The molecule has 2 aromatic carbocycles. The third-order valence-electron chi connectivity index (χ3n) is 5.25. The van der Waals surface area contributed by atoms with E-state index < -0.39 is 0 Å². The topological polar surface area (TPSA) is 81.2 Å². The molecule has 0 atom stereocenters. The number of carbonyl (C=O) groups is 2. The molecule has 0 radical (unpaired) electrons. The highest BCUT2D eigenvalue weighted by Crippen LogP contribution is 2.25. The standard InChI is InChI=1S/C22H21ClN4O2/c23-17-6-8-18(9-7-17)27-20(14-19(25-27)15-4-2-1-3-5-15)22(29)26-12-10-16(11-13-26)21(24)28/h1-9,14,16H,10-13H2,(H2,24,28). The van der Waals surface area contributed by atoms with Gasteiger partial charge in [-0.2, -0.15) is 5.10 Å². The maximum absolute atomic E-state index is 13.3. The van der Waals surface area contributed by atoms with Gasteiger partial charge >= 0.3 is 0 Å². The zero-order chi connectivity index (χ0) is 20.4. The van der Waals surface area contributed by atoms with E-state index in [4.69, 9.17) is 22.4 Å². The van der Waals surface area contributed by atoms with Gasteiger partial charge in [0.2, 0.25) is 5.91 Å². The zero-order valence-electron chi connectivity index (χ0n) is 15.8. The van der Waals surface area contributed by atoms with Gasteiger partial charge in [-0.25, -0.2) is 4.68 Å². The van der Waals surface area contributed by atoms with E-state index in [-0.39, 0.29) is 17.7 Å². The molecule has 0 bridgehead atoms. The number of hydrogen-bond acceptors (Lipinski definition) is 3. The normalized spacial score (nSPS) is 14.7. The molecule has 0 saturated carbocycles. The number of benzene rings is 2. The van der Waals surface area contributed by atoms with Crippen LogP contribution in [0.4, 0.5) is 0 Å². The van der Waals surface area contributed by atoms with Gasteiger partial charge in [0.25, 0.3) is 5.91 Å². The first kappa shape index (κ1) is 19.2. The number of halogens is 1. The number of nitrogens with zero attached hydrogens (tertiary/aromatic N) is 3. The summed E-state index contributed by atoms with van der Waals surface area (Å²) in [7, 11) is 0. The molecule has 2 amide bonds. The van der Waals surface area contributed by atoms with Crippen LogP contribution >= 0.6 is 11.6 Å². The molecule has 2 N–H and O–H groups in total. The van der Waals surface area contributed by atoms with Gasteiger partial charge in [0, 0.05) is 29.6 Å². The monoisotopic (exact) mass is 408 g/mol. The van der Waals surface area contributed by atoms with E-state index in [0.29, 0.717) is 36.6 Å². The second kappa shape index (κ2) is 8.09. The Balaban J connectivity index is 1.69. The van der Waals surface area contributed by atoms with Crippen LogP contribution in [0, 0.1) is 5.92 Å². The van der Waals surface area contributed by atoms with E-state index in [1.807, 2.05) is 48.5 Å². The van der Waals surface area contributed by atoms with Crippen molar-refractivity contribution in [3.63, 3.8) is 0 Å². The van der Waals surface area contributed by atoms with Gasteiger partial charge in [-0.3, -0.25) is 9.59 Å². The summed E-state index contributed by atoms with van der Waals surface area (Å²) in [4.78, 5) is 26.5. The van der Waals surface area contributed by atoms with Crippen LogP contribution in [0.2, 0.25) is 5.02 Å². The summed E-state index contributed by atoms with van der Waals surface area (Å²) in [5.74, 6) is -0.577. The SMILES string of the molecule is NC(=O)C1CCN(C(=O)c2cc(-c3ccccc3)nn2-c2ccc(Cl)cc2)CC1. The molecule has 1 fully saturated rings. The van der Waals surface area contributed by atoms with Gasteiger partial charge in [-0.15, -0.1) is 0 Å². The first-order chi connectivity index (χ1) is 14.0. The summed E-state index contributed by atoms with van der Waals surface area (Å²) in [6, 6.07) is 18.8. The molecule has 29 heavy (non-hydrogen) atoms. The first-order valence-corrected chi connectivity index (χ1v) is 9.91. The Morgan fingerprint density at radius 1 is 1.00 bits per heavy atom. The third kappa shape index (κ3) is 4.03. The van der Waals surface area contributed by atoms with Crippen LogP contribution < -0.4 is 5.73 Å². The third-order valence-corrected chi connectivity index (χ3v) is 5.51. The lowest BCUT2D eigenvalue weighted by Crippen LogP contribution is -2.42. The van der Waals surface area contributed by atoms with Crippen molar-refractivity contribution >= 4 is 23.4 Å². The van der Waals surface area contributed by atoms with Gasteiger partial charge in [0.05, 0.1) is 11.4 Å². The number of piperidine rings is 1. The number of nitrogens with two attached hydrogens (primary N) is 1. The smallest absolute Gasteiger partial charge is 0.272 e. The molecule has 6 nitrogen and oxygen atoms in total. The Morgan fingerprint density at radius 3 is 2.28 bits per heavy atom. The minimum Gasteiger partial charge on any atom is -0.369 e. The summed E-state index contributed by atoms with van der Waals surface area (Å²) >= 11 is 6.02. The van der Waals surface area contributed by atoms with Crippen LogP contribution in [-0.2, 0) is 4.79 Å². The highest BCUT2D eigenvalue weighted by Gasteiger charge is 2.29.